The number of nitrogens with zero attached hydrogens (tertiary/aromatic N) is 1. The fourth-order valence-electron chi connectivity index (χ4n) is 4.95. The van der Waals surface area contributed by atoms with Gasteiger partial charge in [0, 0.05) is 29.2 Å². The van der Waals surface area contributed by atoms with E-state index >= 15 is 0 Å². The average Bonchev–Trinajstić information content (AvgIpc) is 3.33. The number of aliphatic hydroxyl groups excluding tert-OH is 1. The smallest absolute Gasteiger partial charge is 0.330 e. The minimum atomic E-state index is -0.608. The van der Waals surface area contributed by atoms with Crippen molar-refractivity contribution in [2.75, 3.05) is 33.4 Å². The van der Waals surface area contributed by atoms with Gasteiger partial charge in [-0.3, -0.25) is 4.90 Å². The van der Waals surface area contributed by atoms with Gasteiger partial charge in [0.15, 0.2) is 0 Å². The average molecular weight is 530 g/mol. The molecule has 6 nitrogen and oxygen atoms in total. The van der Waals surface area contributed by atoms with E-state index in [1.165, 1.54) is 17.2 Å². The summed E-state index contributed by atoms with van der Waals surface area (Å²) >= 11 is 6.30. The normalized spacial score (nSPS) is 17.7. The first-order valence-electron chi connectivity index (χ1n) is 13.2. The van der Waals surface area contributed by atoms with Crippen LogP contribution in [0, 0.1) is 0 Å². The van der Waals surface area contributed by atoms with Crippen molar-refractivity contribution in [2.45, 2.75) is 64.7 Å². The van der Waals surface area contributed by atoms with Gasteiger partial charge in [-0.05, 0) is 81.0 Å². The Kier molecular flexibility index (Phi) is 11.5. The molecule has 1 saturated heterocycles. The first-order chi connectivity index (χ1) is 17.9. The SMILES string of the molecule is CCOC(=O)/C=C/c1c(OC)cccc1[C@@H](C)OCC(O)CN1CCC[C@H]1Cc1ccc(Cl)c(CC)c1. The number of carbonyl (C=O) groups is 1. The highest BCUT2D eigenvalue weighted by Gasteiger charge is 2.27. The van der Waals surface area contributed by atoms with Crippen molar-refractivity contribution in [2.24, 2.45) is 0 Å². The van der Waals surface area contributed by atoms with Crippen LogP contribution in [0.4, 0.5) is 0 Å². The summed E-state index contributed by atoms with van der Waals surface area (Å²) in [5, 5.41) is 11.7. The predicted octanol–water partition coefficient (Wildman–Crippen LogP) is 5.63. The first-order valence-corrected chi connectivity index (χ1v) is 13.6. The third kappa shape index (κ3) is 8.30. The number of hydrogen-bond donors (Lipinski definition) is 1. The summed E-state index contributed by atoms with van der Waals surface area (Å²) in [5.74, 6) is 0.232. The minimum absolute atomic E-state index is 0.212. The summed E-state index contributed by atoms with van der Waals surface area (Å²) in [6.45, 7) is 7.90. The standard InChI is InChI=1S/C30H40ClNO5/c1-5-23-17-22(12-14-28(23)31)18-24-9-8-16-32(24)19-25(33)20-37-21(3)26-10-7-11-29(35-4)27(26)13-15-30(34)36-6-2/h7,10-15,17,21,24-25,33H,5-6,8-9,16,18-20H2,1-4H3/b15-13+/t21-,24+,25?/m1/s1. The third-order valence-electron chi connectivity index (χ3n) is 6.88. The molecule has 0 radical (unpaired) electrons. The molecular weight excluding hydrogens is 490 g/mol. The molecule has 0 aromatic heterocycles. The lowest BCUT2D eigenvalue weighted by molar-refractivity contribution is -0.137. The molecule has 2 aromatic carbocycles. The fraction of sp³-hybridized carbons (Fsp3) is 0.500. The zero-order valence-corrected chi connectivity index (χ0v) is 23.2. The Morgan fingerprint density at radius 1 is 1.27 bits per heavy atom. The third-order valence-corrected chi connectivity index (χ3v) is 7.24. The summed E-state index contributed by atoms with van der Waals surface area (Å²) in [4.78, 5) is 14.2. The molecule has 3 rings (SSSR count). The van der Waals surface area contributed by atoms with Crippen LogP contribution in [0.5, 0.6) is 5.75 Å². The van der Waals surface area contributed by atoms with Crippen LogP contribution in [0.2, 0.25) is 5.02 Å². The fourth-order valence-corrected chi connectivity index (χ4v) is 5.20. The van der Waals surface area contributed by atoms with Gasteiger partial charge in [0.1, 0.15) is 5.75 Å². The molecule has 0 amide bonds. The van der Waals surface area contributed by atoms with Gasteiger partial charge in [-0.2, -0.15) is 0 Å². The number of esters is 1. The highest BCUT2D eigenvalue weighted by Crippen LogP contribution is 2.30. The Morgan fingerprint density at radius 3 is 2.81 bits per heavy atom. The number of methoxy groups -OCH3 is 1. The molecule has 0 aliphatic carbocycles. The molecule has 37 heavy (non-hydrogen) atoms. The van der Waals surface area contributed by atoms with Crippen LogP contribution in [0.25, 0.3) is 6.08 Å². The van der Waals surface area contributed by atoms with Crippen molar-refractivity contribution >= 4 is 23.6 Å². The maximum absolute atomic E-state index is 11.8. The Hall–Kier alpha value is -2.38. The second-order valence-electron chi connectivity index (χ2n) is 9.45. The molecule has 3 atom stereocenters. The topological polar surface area (TPSA) is 68.2 Å². The summed E-state index contributed by atoms with van der Waals surface area (Å²) in [6, 6.07) is 12.4. The summed E-state index contributed by atoms with van der Waals surface area (Å²) in [7, 11) is 1.59. The van der Waals surface area contributed by atoms with Crippen LogP contribution in [0.3, 0.4) is 0 Å². The van der Waals surface area contributed by atoms with E-state index in [1.807, 2.05) is 31.2 Å². The lowest BCUT2D eigenvalue weighted by Crippen LogP contribution is -2.39. The summed E-state index contributed by atoms with van der Waals surface area (Å²) in [6.07, 6.45) is 6.29. The van der Waals surface area contributed by atoms with Crippen molar-refractivity contribution in [3.8, 4) is 5.75 Å². The maximum Gasteiger partial charge on any atom is 0.330 e. The zero-order chi connectivity index (χ0) is 26.8. The minimum Gasteiger partial charge on any atom is -0.496 e. The van der Waals surface area contributed by atoms with E-state index < -0.39 is 12.1 Å². The molecule has 0 spiro atoms. The van der Waals surface area contributed by atoms with Crippen molar-refractivity contribution in [3.05, 3.63) is 69.8 Å². The van der Waals surface area contributed by atoms with Crippen LogP contribution in [-0.4, -0.2) is 61.5 Å². The van der Waals surface area contributed by atoms with Gasteiger partial charge in [-0.25, -0.2) is 4.79 Å². The molecule has 1 fully saturated rings. The van der Waals surface area contributed by atoms with Crippen molar-refractivity contribution in [3.63, 3.8) is 0 Å². The van der Waals surface area contributed by atoms with E-state index in [1.54, 1.807) is 20.1 Å². The Morgan fingerprint density at radius 2 is 2.08 bits per heavy atom. The lowest BCUT2D eigenvalue weighted by Gasteiger charge is -2.28. The number of aryl methyl sites for hydroxylation is 1. The van der Waals surface area contributed by atoms with E-state index in [0.717, 1.165) is 48.4 Å². The summed E-state index contributed by atoms with van der Waals surface area (Å²) < 4.78 is 16.6. The molecule has 1 N–H and O–H groups in total. The molecule has 1 unspecified atom stereocenters. The Bertz CT molecular complexity index is 1060. The predicted molar refractivity (Wildman–Crippen MR) is 148 cm³/mol. The van der Waals surface area contributed by atoms with Crippen LogP contribution in [0.15, 0.2) is 42.5 Å². The maximum atomic E-state index is 11.8. The van der Waals surface area contributed by atoms with Crippen molar-refractivity contribution < 1.29 is 24.1 Å². The van der Waals surface area contributed by atoms with Crippen molar-refractivity contribution in [1.29, 1.82) is 0 Å². The van der Waals surface area contributed by atoms with E-state index in [4.69, 9.17) is 25.8 Å². The molecule has 7 heteroatoms. The largest absolute Gasteiger partial charge is 0.496 e. The zero-order valence-electron chi connectivity index (χ0n) is 22.4. The second-order valence-corrected chi connectivity index (χ2v) is 9.86. The lowest BCUT2D eigenvalue weighted by atomic mass is 10.0. The van der Waals surface area contributed by atoms with Gasteiger partial charge in [-0.15, -0.1) is 0 Å². The molecule has 0 saturated carbocycles. The van der Waals surface area contributed by atoms with Gasteiger partial charge in [0.05, 0.1) is 32.5 Å². The molecular formula is C30H40ClNO5. The monoisotopic (exact) mass is 529 g/mol. The van der Waals surface area contributed by atoms with Crippen LogP contribution < -0.4 is 4.74 Å². The number of halogens is 1. The number of β-amino-alcohol motifs (C(OH)–C–C–N with tert-alkyl or cyclic N) is 1. The molecule has 1 aliphatic heterocycles. The highest BCUT2D eigenvalue weighted by molar-refractivity contribution is 6.31. The Balaban J connectivity index is 1.59. The van der Waals surface area contributed by atoms with Crippen molar-refractivity contribution in [1.82, 2.24) is 4.90 Å². The van der Waals surface area contributed by atoms with E-state index in [2.05, 4.69) is 24.0 Å². The van der Waals surface area contributed by atoms with E-state index in [0.29, 0.717) is 24.9 Å². The highest BCUT2D eigenvalue weighted by atomic mass is 35.5. The molecule has 1 aliphatic rings. The van der Waals surface area contributed by atoms with Gasteiger partial charge in [0.25, 0.3) is 0 Å². The second kappa shape index (κ2) is 14.5. The first kappa shape index (κ1) is 29.2. The quantitative estimate of drug-likeness (QED) is 0.268. The number of hydrogen-bond acceptors (Lipinski definition) is 6. The van der Waals surface area contributed by atoms with Gasteiger partial charge < -0.3 is 19.3 Å². The van der Waals surface area contributed by atoms with Gasteiger partial charge in [0.2, 0.25) is 0 Å². The van der Waals surface area contributed by atoms with E-state index in [-0.39, 0.29) is 12.7 Å². The van der Waals surface area contributed by atoms with Crippen LogP contribution in [0.1, 0.15) is 62.0 Å². The number of aliphatic hydroxyl groups is 1. The number of ether oxygens (including phenoxy) is 3. The molecule has 0 bridgehead atoms. The van der Waals surface area contributed by atoms with Crippen LogP contribution >= 0.6 is 11.6 Å². The molecule has 2 aromatic rings. The van der Waals surface area contributed by atoms with Gasteiger partial charge in [-0.1, -0.05) is 42.8 Å². The molecule has 1 heterocycles. The number of rotatable bonds is 13. The summed E-state index contributed by atoms with van der Waals surface area (Å²) in [5.41, 5.74) is 4.11. The Labute approximate surface area is 226 Å². The number of likely N-dealkylation sites (tertiary alicyclic amines) is 1. The van der Waals surface area contributed by atoms with Gasteiger partial charge >= 0.3 is 5.97 Å². The molecule has 202 valence electrons. The van der Waals surface area contributed by atoms with E-state index in [9.17, 15) is 9.90 Å². The number of carbonyl (C=O) groups excluding carboxylic acids is 1. The number of benzene rings is 2. The van der Waals surface area contributed by atoms with Crippen LogP contribution in [-0.2, 0) is 27.1 Å².